The Bertz CT molecular complexity index is 656. The van der Waals surface area contributed by atoms with Gasteiger partial charge in [0.2, 0.25) is 0 Å². The number of rotatable bonds is 6. The molecule has 0 spiro atoms. The van der Waals surface area contributed by atoms with Crippen LogP contribution in [0.1, 0.15) is 30.1 Å². The van der Waals surface area contributed by atoms with Crippen LogP contribution >= 0.6 is 11.6 Å². The van der Waals surface area contributed by atoms with Gasteiger partial charge < -0.3 is 20.1 Å². The number of likely N-dealkylation sites (tertiary alicyclic amines) is 1. The molecule has 8 heteroatoms. The molecule has 1 aromatic carbocycles. The summed E-state index contributed by atoms with van der Waals surface area (Å²) in [5.41, 5.74) is 5.41. The van der Waals surface area contributed by atoms with Crippen LogP contribution in [0.5, 0.6) is 5.75 Å². The second-order valence-electron chi connectivity index (χ2n) is 5.70. The van der Waals surface area contributed by atoms with Gasteiger partial charge in [-0.25, -0.2) is 0 Å². The Hall–Kier alpha value is -2.28. The van der Waals surface area contributed by atoms with Gasteiger partial charge in [0.05, 0.1) is 18.1 Å². The topological polar surface area (TPSA) is 98.9 Å². The molecule has 0 saturated carbocycles. The third kappa shape index (κ3) is 5.09. The molecule has 0 aliphatic carbocycles. The number of ether oxygens (including phenoxy) is 2. The number of hydrogen-bond donors (Lipinski definition) is 1. The second kappa shape index (κ2) is 8.71. The molecule has 7 nitrogen and oxygen atoms in total. The molecule has 0 unspecified atom stereocenters. The van der Waals surface area contributed by atoms with Crippen molar-refractivity contribution in [3.8, 4) is 5.75 Å². The Morgan fingerprint density at radius 3 is 2.56 bits per heavy atom. The van der Waals surface area contributed by atoms with Crippen LogP contribution in [-0.4, -0.2) is 49.0 Å². The van der Waals surface area contributed by atoms with Gasteiger partial charge in [-0.2, -0.15) is 0 Å². The van der Waals surface area contributed by atoms with Crippen LogP contribution in [0.4, 0.5) is 0 Å². The third-order valence-electron chi connectivity index (χ3n) is 4.03. The van der Waals surface area contributed by atoms with Crippen molar-refractivity contribution in [1.82, 2.24) is 4.90 Å². The van der Waals surface area contributed by atoms with Crippen molar-refractivity contribution in [2.75, 3.05) is 26.3 Å². The first-order valence-electron chi connectivity index (χ1n) is 8.09. The van der Waals surface area contributed by atoms with Gasteiger partial charge in [-0.05, 0) is 38.0 Å². The van der Waals surface area contributed by atoms with Gasteiger partial charge in [0, 0.05) is 18.1 Å². The zero-order valence-electron chi connectivity index (χ0n) is 14.0. The standard InChI is InChI=1S/C17H21ClN2O5/c1-2-24-17(23)11-5-7-20(8-6-11)15(21)10-25-14-4-3-12(18)9-13(14)16(19)22/h3-4,9,11H,2,5-8,10H2,1H3,(H2,19,22). The number of nitrogens with zero attached hydrogens (tertiary/aromatic N) is 1. The number of carbonyl (C=O) groups excluding carboxylic acids is 3. The first kappa shape index (κ1) is 19.1. The first-order chi connectivity index (χ1) is 11.9. The minimum atomic E-state index is -0.680. The molecular weight excluding hydrogens is 348 g/mol. The summed E-state index contributed by atoms with van der Waals surface area (Å²) in [6, 6.07) is 4.45. The van der Waals surface area contributed by atoms with E-state index in [-0.39, 0.29) is 35.7 Å². The molecule has 1 saturated heterocycles. The average Bonchev–Trinajstić information content (AvgIpc) is 2.60. The fraction of sp³-hybridized carbons (Fsp3) is 0.471. The molecule has 25 heavy (non-hydrogen) atoms. The van der Waals surface area contributed by atoms with Crippen molar-refractivity contribution in [2.24, 2.45) is 11.7 Å². The Kier molecular flexibility index (Phi) is 6.64. The van der Waals surface area contributed by atoms with E-state index in [4.69, 9.17) is 26.8 Å². The molecule has 2 amide bonds. The summed E-state index contributed by atoms with van der Waals surface area (Å²) >= 11 is 5.83. The van der Waals surface area contributed by atoms with Gasteiger partial charge in [0.15, 0.2) is 6.61 Å². The SMILES string of the molecule is CCOC(=O)C1CCN(C(=O)COc2ccc(Cl)cc2C(N)=O)CC1. The van der Waals surface area contributed by atoms with E-state index in [0.29, 0.717) is 37.6 Å². The highest BCUT2D eigenvalue weighted by Gasteiger charge is 2.28. The zero-order valence-corrected chi connectivity index (χ0v) is 14.8. The highest BCUT2D eigenvalue weighted by atomic mass is 35.5. The van der Waals surface area contributed by atoms with Crippen molar-refractivity contribution < 1.29 is 23.9 Å². The van der Waals surface area contributed by atoms with E-state index in [9.17, 15) is 14.4 Å². The average molecular weight is 369 g/mol. The van der Waals surface area contributed by atoms with Gasteiger partial charge in [-0.15, -0.1) is 0 Å². The smallest absolute Gasteiger partial charge is 0.309 e. The summed E-state index contributed by atoms with van der Waals surface area (Å²) in [6.07, 6.45) is 1.14. The zero-order chi connectivity index (χ0) is 18.4. The molecule has 1 fully saturated rings. The number of amides is 2. The molecule has 0 radical (unpaired) electrons. The van der Waals surface area contributed by atoms with Crippen LogP contribution in [0.25, 0.3) is 0 Å². The maximum absolute atomic E-state index is 12.3. The predicted octanol–water partition coefficient (Wildman–Crippen LogP) is 1.62. The molecule has 0 aromatic heterocycles. The highest BCUT2D eigenvalue weighted by Crippen LogP contribution is 2.23. The van der Waals surface area contributed by atoms with E-state index < -0.39 is 5.91 Å². The Balaban J connectivity index is 1.88. The van der Waals surface area contributed by atoms with Crippen molar-refractivity contribution in [1.29, 1.82) is 0 Å². The highest BCUT2D eigenvalue weighted by molar-refractivity contribution is 6.31. The van der Waals surface area contributed by atoms with Gasteiger partial charge in [-0.1, -0.05) is 11.6 Å². The lowest BCUT2D eigenvalue weighted by atomic mass is 9.97. The Morgan fingerprint density at radius 2 is 1.96 bits per heavy atom. The normalized spacial score (nSPS) is 14.9. The molecular formula is C17H21ClN2O5. The van der Waals surface area contributed by atoms with Gasteiger partial charge in [0.1, 0.15) is 5.75 Å². The quantitative estimate of drug-likeness (QED) is 0.769. The fourth-order valence-electron chi connectivity index (χ4n) is 2.68. The minimum Gasteiger partial charge on any atom is -0.483 e. The number of halogens is 1. The number of esters is 1. The van der Waals surface area contributed by atoms with Crippen LogP contribution in [-0.2, 0) is 14.3 Å². The molecule has 1 aliphatic heterocycles. The second-order valence-corrected chi connectivity index (χ2v) is 6.14. The van der Waals surface area contributed by atoms with E-state index in [1.807, 2.05) is 0 Å². The number of carbonyl (C=O) groups is 3. The molecule has 0 atom stereocenters. The van der Waals surface area contributed by atoms with E-state index in [0.717, 1.165) is 0 Å². The summed E-state index contributed by atoms with van der Waals surface area (Å²) in [4.78, 5) is 37.0. The van der Waals surface area contributed by atoms with Crippen LogP contribution in [0, 0.1) is 5.92 Å². The van der Waals surface area contributed by atoms with Crippen LogP contribution in [0.15, 0.2) is 18.2 Å². The molecule has 1 heterocycles. The van der Waals surface area contributed by atoms with Crippen LogP contribution in [0.3, 0.4) is 0 Å². The Labute approximate surface area is 151 Å². The fourth-order valence-corrected chi connectivity index (χ4v) is 2.85. The van der Waals surface area contributed by atoms with Crippen LogP contribution < -0.4 is 10.5 Å². The largest absolute Gasteiger partial charge is 0.483 e. The van der Waals surface area contributed by atoms with Crippen molar-refractivity contribution in [3.63, 3.8) is 0 Å². The number of hydrogen-bond acceptors (Lipinski definition) is 5. The third-order valence-corrected chi connectivity index (χ3v) is 4.26. The van der Waals surface area contributed by atoms with Crippen molar-refractivity contribution in [3.05, 3.63) is 28.8 Å². The predicted molar refractivity (Wildman–Crippen MR) is 91.4 cm³/mol. The molecule has 136 valence electrons. The van der Waals surface area contributed by atoms with Gasteiger partial charge in [-0.3, -0.25) is 14.4 Å². The summed E-state index contributed by atoms with van der Waals surface area (Å²) in [5, 5.41) is 0.355. The van der Waals surface area contributed by atoms with E-state index >= 15 is 0 Å². The lowest BCUT2D eigenvalue weighted by Gasteiger charge is -2.30. The maximum Gasteiger partial charge on any atom is 0.309 e. The number of benzene rings is 1. The van der Waals surface area contributed by atoms with Gasteiger partial charge >= 0.3 is 5.97 Å². The number of primary amides is 1. The molecule has 1 aromatic rings. The van der Waals surface area contributed by atoms with Gasteiger partial charge in [0.25, 0.3) is 11.8 Å². The lowest BCUT2D eigenvalue weighted by molar-refractivity contribution is -0.151. The van der Waals surface area contributed by atoms with Crippen molar-refractivity contribution in [2.45, 2.75) is 19.8 Å². The molecule has 2 rings (SSSR count). The minimum absolute atomic E-state index is 0.126. The number of nitrogens with two attached hydrogens (primary N) is 1. The maximum atomic E-state index is 12.3. The van der Waals surface area contributed by atoms with E-state index in [2.05, 4.69) is 0 Å². The van der Waals surface area contributed by atoms with E-state index in [1.54, 1.807) is 17.9 Å². The summed E-state index contributed by atoms with van der Waals surface area (Å²) in [6.45, 7) is 2.84. The molecule has 0 bridgehead atoms. The molecule has 1 aliphatic rings. The summed E-state index contributed by atoms with van der Waals surface area (Å²) in [7, 11) is 0. The first-order valence-corrected chi connectivity index (χ1v) is 8.46. The van der Waals surface area contributed by atoms with Crippen molar-refractivity contribution >= 4 is 29.4 Å². The molecule has 2 N–H and O–H groups in total. The monoisotopic (exact) mass is 368 g/mol. The van der Waals surface area contributed by atoms with E-state index in [1.165, 1.54) is 12.1 Å². The van der Waals surface area contributed by atoms with Crippen LogP contribution in [0.2, 0.25) is 5.02 Å². The summed E-state index contributed by atoms with van der Waals surface area (Å²) in [5.74, 6) is -1.06. The lowest BCUT2D eigenvalue weighted by Crippen LogP contribution is -2.42. The number of piperidine rings is 1. The Morgan fingerprint density at radius 1 is 1.28 bits per heavy atom. The summed E-state index contributed by atoms with van der Waals surface area (Å²) < 4.78 is 10.4.